The smallest absolute Gasteiger partial charge is 0.411 e. The van der Waals surface area contributed by atoms with Gasteiger partial charge in [0.1, 0.15) is 18.1 Å². The number of fused-ring (bicyclic) bond motifs is 2. The summed E-state index contributed by atoms with van der Waals surface area (Å²) in [7, 11) is 1.61. The lowest BCUT2D eigenvalue weighted by Gasteiger charge is -2.47. The van der Waals surface area contributed by atoms with E-state index in [0.717, 1.165) is 18.6 Å². The number of hydrogen-bond donors (Lipinski definition) is 1. The molecule has 4 rings (SSSR count). The molecule has 0 spiro atoms. The first-order valence-corrected chi connectivity index (χ1v) is 13.2. The zero-order chi connectivity index (χ0) is 26.1. The van der Waals surface area contributed by atoms with Gasteiger partial charge in [0, 0.05) is 24.7 Å². The Morgan fingerprint density at radius 1 is 1.11 bits per heavy atom. The van der Waals surface area contributed by atoms with Crippen molar-refractivity contribution in [2.75, 3.05) is 33.4 Å². The lowest BCUT2D eigenvalue weighted by atomic mass is 9.91. The zero-order valence-electron chi connectivity index (χ0n) is 21.0. The molecule has 2 amide bonds. The molecule has 206 valence electrons. The van der Waals surface area contributed by atoms with Crippen LogP contribution in [0.15, 0.2) is 35.9 Å². The van der Waals surface area contributed by atoms with Crippen LogP contribution in [0.4, 0.5) is 4.79 Å². The molecule has 2 atom stereocenters. The van der Waals surface area contributed by atoms with Crippen LogP contribution >= 0.6 is 47.2 Å². The predicted molar refractivity (Wildman–Crippen MR) is 146 cm³/mol. The molecule has 1 saturated carbocycles. The minimum Gasteiger partial charge on any atom is -0.497 e. The Hall–Kier alpha value is -1.58. The molecule has 0 aromatic heterocycles. The Morgan fingerprint density at radius 3 is 2.35 bits per heavy atom. The second kappa shape index (κ2) is 12.1. The molecule has 2 aliphatic heterocycles. The number of nitrogens with zero attached hydrogens (tertiary/aromatic N) is 2. The van der Waals surface area contributed by atoms with Crippen molar-refractivity contribution >= 4 is 59.2 Å². The monoisotopic (exact) mass is 595 g/mol. The summed E-state index contributed by atoms with van der Waals surface area (Å²) >= 11 is 18.1. The first-order valence-electron chi connectivity index (χ1n) is 12.1. The number of nitrogens with one attached hydrogen (secondary N) is 1. The lowest BCUT2D eigenvalue weighted by Crippen LogP contribution is -2.64. The van der Waals surface area contributed by atoms with Crippen LogP contribution < -0.4 is 14.8 Å². The molecule has 1 aromatic rings. The predicted octanol–water partition coefficient (Wildman–Crippen LogP) is 4.74. The topological polar surface area (TPSA) is 80.3 Å². The van der Waals surface area contributed by atoms with Crippen molar-refractivity contribution in [3.8, 4) is 11.5 Å². The number of benzene rings is 1. The number of carbonyl (C=O) groups excluding carboxylic acids is 2. The fraction of sp³-hybridized carbons (Fsp3) is 0.600. The van der Waals surface area contributed by atoms with Gasteiger partial charge in [0.25, 0.3) is 5.91 Å². The highest BCUT2D eigenvalue weighted by molar-refractivity contribution is 6.68. The SMILES string of the molecule is COc1ccc(OCCN(C(=O)C2=CCC3CNCC2N3C(=O)OC(C)(C)C(Cl)(Cl)Cl)C2CC2)cc1.Cl. The summed E-state index contributed by atoms with van der Waals surface area (Å²) in [6.45, 7) is 4.95. The number of hydrogen-bond acceptors (Lipinski definition) is 6. The highest BCUT2D eigenvalue weighted by Gasteiger charge is 2.49. The van der Waals surface area contributed by atoms with E-state index in [-0.39, 0.29) is 30.4 Å². The van der Waals surface area contributed by atoms with Gasteiger partial charge < -0.3 is 24.4 Å². The van der Waals surface area contributed by atoms with Crippen molar-refractivity contribution in [3.63, 3.8) is 0 Å². The van der Waals surface area contributed by atoms with E-state index in [1.165, 1.54) is 0 Å². The van der Waals surface area contributed by atoms with Crippen LogP contribution in [0.2, 0.25) is 0 Å². The second-order valence-electron chi connectivity index (χ2n) is 9.76. The Labute approximate surface area is 238 Å². The van der Waals surface area contributed by atoms with E-state index in [1.807, 2.05) is 35.2 Å². The van der Waals surface area contributed by atoms with Gasteiger partial charge in [-0.15, -0.1) is 12.4 Å². The molecular formula is C25H33Cl4N3O5. The van der Waals surface area contributed by atoms with Crippen LogP contribution in [0, 0.1) is 0 Å². The molecule has 2 fully saturated rings. The van der Waals surface area contributed by atoms with Crippen molar-refractivity contribution in [1.82, 2.24) is 15.1 Å². The molecule has 12 heteroatoms. The van der Waals surface area contributed by atoms with Crippen LogP contribution in [0.1, 0.15) is 33.1 Å². The van der Waals surface area contributed by atoms with Gasteiger partial charge in [-0.25, -0.2) is 4.79 Å². The lowest BCUT2D eigenvalue weighted by molar-refractivity contribution is -0.129. The van der Waals surface area contributed by atoms with Gasteiger partial charge in [-0.1, -0.05) is 40.9 Å². The van der Waals surface area contributed by atoms with Crippen LogP contribution in [0.5, 0.6) is 11.5 Å². The van der Waals surface area contributed by atoms with E-state index in [9.17, 15) is 9.59 Å². The molecule has 2 bridgehead atoms. The van der Waals surface area contributed by atoms with Crippen molar-refractivity contribution in [3.05, 3.63) is 35.9 Å². The third-order valence-electron chi connectivity index (χ3n) is 6.81. The Morgan fingerprint density at radius 2 is 1.76 bits per heavy atom. The van der Waals surface area contributed by atoms with Crippen molar-refractivity contribution in [2.24, 2.45) is 0 Å². The van der Waals surface area contributed by atoms with Gasteiger partial charge in [-0.05, 0) is 57.4 Å². The van der Waals surface area contributed by atoms with Crippen molar-refractivity contribution in [1.29, 1.82) is 0 Å². The van der Waals surface area contributed by atoms with Crippen LogP contribution in [0.3, 0.4) is 0 Å². The molecule has 2 heterocycles. The average molecular weight is 597 g/mol. The molecule has 1 aliphatic carbocycles. The summed E-state index contributed by atoms with van der Waals surface area (Å²) in [6.07, 6.45) is 3.81. The number of halogens is 4. The molecule has 1 N–H and O–H groups in total. The molecule has 37 heavy (non-hydrogen) atoms. The fourth-order valence-electron chi connectivity index (χ4n) is 4.46. The Kier molecular flexibility index (Phi) is 9.78. The van der Waals surface area contributed by atoms with Crippen molar-refractivity contribution < 1.29 is 23.8 Å². The Balaban J connectivity index is 0.00000380. The van der Waals surface area contributed by atoms with E-state index in [4.69, 9.17) is 49.0 Å². The Bertz CT molecular complexity index is 995. The summed E-state index contributed by atoms with van der Waals surface area (Å²) in [5.74, 6) is 1.38. The van der Waals surface area contributed by atoms with E-state index in [2.05, 4.69) is 5.32 Å². The number of rotatable bonds is 8. The van der Waals surface area contributed by atoms with E-state index in [0.29, 0.717) is 44.0 Å². The maximum Gasteiger partial charge on any atom is 0.411 e. The van der Waals surface area contributed by atoms with Gasteiger partial charge in [0.05, 0.1) is 25.7 Å². The average Bonchev–Trinajstić information content (AvgIpc) is 3.66. The van der Waals surface area contributed by atoms with E-state index < -0.39 is 21.5 Å². The highest BCUT2D eigenvalue weighted by Crippen LogP contribution is 2.41. The summed E-state index contributed by atoms with van der Waals surface area (Å²) in [6, 6.07) is 6.89. The molecule has 0 radical (unpaired) electrons. The molecule has 2 unspecified atom stereocenters. The van der Waals surface area contributed by atoms with Gasteiger partial charge in [0.2, 0.25) is 3.79 Å². The maximum absolute atomic E-state index is 13.7. The standard InChI is InChI=1S/C25H32Cl3N3O5.ClH/c1-24(2,25(26,27)28)36-23(33)31-17-6-11-20(21(31)15-29-14-17)22(32)30(16-4-5-16)12-13-35-19-9-7-18(34-3)8-10-19;/h7-11,16-17,21,29H,4-6,12-15H2,1-3H3;1H. The number of ether oxygens (including phenoxy) is 3. The molecular weight excluding hydrogens is 564 g/mol. The van der Waals surface area contributed by atoms with E-state index >= 15 is 0 Å². The summed E-state index contributed by atoms with van der Waals surface area (Å²) in [4.78, 5) is 30.5. The van der Waals surface area contributed by atoms with Gasteiger partial charge in [0.15, 0.2) is 5.60 Å². The number of amides is 2. The van der Waals surface area contributed by atoms with Crippen molar-refractivity contribution in [2.45, 2.75) is 60.6 Å². The first-order chi connectivity index (χ1) is 17.0. The number of methoxy groups -OCH3 is 1. The molecule has 1 aromatic carbocycles. The quantitative estimate of drug-likeness (QED) is 0.437. The largest absolute Gasteiger partial charge is 0.497 e. The normalized spacial score (nSPS) is 21.4. The third-order valence-corrected chi connectivity index (χ3v) is 8.17. The maximum atomic E-state index is 13.7. The summed E-state index contributed by atoms with van der Waals surface area (Å²) < 4.78 is 14.9. The van der Waals surface area contributed by atoms with Gasteiger partial charge in [-0.3, -0.25) is 9.69 Å². The summed E-state index contributed by atoms with van der Waals surface area (Å²) in [5.41, 5.74) is -0.765. The highest BCUT2D eigenvalue weighted by atomic mass is 35.6. The van der Waals surface area contributed by atoms with Crippen LogP contribution in [-0.2, 0) is 9.53 Å². The van der Waals surface area contributed by atoms with Gasteiger partial charge >= 0.3 is 6.09 Å². The van der Waals surface area contributed by atoms with Crippen LogP contribution in [0.25, 0.3) is 0 Å². The minimum atomic E-state index is -1.80. The minimum absolute atomic E-state index is 0. The first kappa shape index (κ1) is 30.0. The molecule has 1 saturated heterocycles. The zero-order valence-corrected chi connectivity index (χ0v) is 24.1. The number of carbonyl (C=O) groups is 2. The number of alkyl halides is 3. The molecule has 8 nitrogen and oxygen atoms in total. The number of piperazine rings is 1. The fourth-order valence-corrected chi connectivity index (χ4v) is 4.58. The third kappa shape index (κ3) is 6.90. The summed E-state index contributed by atoms with van der Waals surface area (Å²) in [5, 5.41) is 3.33. The van der Waals surface area contributed by atoms with Gasteiger partial charge in [-0.2, -0.15) is 0 Å². The van der Waals surface area contributed by atoms with Crippen LogP contribution in [-0.4, -0.2) is 82.7 Å². The molecule has 3 aliphatic rings. The second-order valence-corrected chi connectivity index (χ2v) is 12.0. The van der Waals surface area contributed by atoms with E-state index in [1.54, 1.807) is 25.9 Å².